The van der Waals surface area contributed by atoms with E-state index in [-0.39, 0.29) is 12.4 Å². The highest BCUT2D eigenvalue weighted by Crippen LogP contribution is 2.27. The number of aryl methyl sites for hydroxylation is 2. The minimum absolute atomic E-state index is 0.205. The van der Waals surface area contributed by atoms with Gasteiger partial charge in [-0.3, -0.25) is 0 Å². The third-order valence-corrected chi connectivity index (χ3v) is 5.18. The molecule has 152 valence electrons. The number of benzene rings is 1. The summed E-state index contributed by atoms with van der Waals surface area (Å²) in [5, 5.41) is 12.6. The summed E-state index contributed by atoms with van der Waals surface area (Å²) < 4.78 is 26.4. The Balaban J connectivity index is 1.33. The third-order valence-electron chi connectivity index (χ3n) is 5.18. The molecule has 0 radical (unpaired) electrons. The topological polar surface area (TPSA) is 91.8 Å². The van der Waals surface area contributed by atoms with Crippen molar-refractivity contribution >= 4 is 0 Å². The highest BCUT2D eigenvalue weighted by Gasteiger charge is 2.19. The lowest BCUT2D eigenvalue weighted by Crippen LogP contribution is -2.12. The molecule has 4 heterocycles. The summed E-state index contributed by atoms with van der Waals surface area (Å²) in [5.41, 5.74) is 2.81. The molecule has 1 aliphatic rings. The summed E-state index contributed by atoms with van der Waals surface area (Å²) in [5.74, 6) is 2.43. The van der Waals surface area contributed by atoms with E-state index >= 15 is 0 Å². The zero-order valence-electron chi connectivity index (χ0n) is 16.4. The second-order valence-corrected chi connectivity index (χ2v) is 7.15. The summed E-state index contributed by atoms with van der Waals surface area (Å²) in [6, 6.07) is 6.09. The number of hydrogen-bond donors (Lipinski definition) is 0. The fraction of sp³-hybridized carbons (Fsp3) is 0.286. The molecule has 0 atom stereocenters. The van der Waals surface area contributed by atoms with Gasteiger partial charge in [-0.25, -0.2) is 14.4 Å². The first-order chi connectivity index (χ1) is 14.7. The molecule has 9 heteroatoms. The second-order valence-electron chi connectivity index (χ2n) is 7.15. The number of fused-ring (bicyclic) bond motifs is 1. The Morgan fingerprint density at radius 3 is 2.77 bits per heavy atom. The standard InChI is InChI=1S/C21H19FN6O2/c1-13-16(20(27-30-13)14-5-7-15(22)8-6-14)12-29-19-11-23-17(10-24-19)21-26-25-18-4-2-3-9-28(18)21/h5-8,10-11H,2-4,9,12H2,1H3. The van der Waals surface area contributed by atoms with Crippen LogP contribution < -0.4 is 4.74 Å². The van der Waals surface area contributed by atoms with Crippen LogP contribution >= 0.6 is 0 Å². The molecule has 30 heavy (non-hydrogen) atoms. The van der Waals surface area contributed by atoms with E-state index in [4.69, 9.17) is 9.26 Å². The molecule has 0 fully saturated rings. The smallest absolute Gasteiger partial charge is 0.232 e. The van der Waals surface area contributed by atoms with E-state index in [1.165, 1.54) is 12.1 Å². The molecule has 1 aliphatic heterocycles. The maximum atomic E-state index is 13.2. The van der Waals surface area contributed by atoms with Crippen molar-refractivity contribution in [3.05, 3.63) is 59.6 Å². The molecule has 1 aromatic carbocycles. The molecule has 8 nitrogen and oxygen atoms in total. The molecule has 3 aromatic heterocycles. The van der Waals surface area contributed by atoms with Crippen LogP contribution in [-0.4, -0.2) is 29.9 Å². The largest absolute Gasteiger partial charge is 0.471 e. The van der Waals surface area contributed by atoms with Gasteiger partial charge in [-0.15, -0.1) is 10.2 Å². The molecule has 0 amide bonds. The second kappa shape index (κ2) is 7.66. The van der Waals surface area contributed by atoms with Crippen LogP contribution in [0.1, 0.15) is 30.0 Å². The van der Waals surface area contributed by atoms with Crippen molar-refractivity contribution in [1.82, 2.24) is 29.9 Å². The van der Waals surface area contributed by atoms with Crippen LogP contribution in [0.5, 0.6) is 5.88 Å². The molecular weight excluding hydrogens is 387 g/mol. The SMILES string of the molecule is Cc1onc(-c2ccc(F)cc2)c1COc1cnc(-c2nnc3n2CCCC3)cn1. The van der Waals surface area contributed by atoms with Crippen molar-refractivity contribution in [3.8, 4) is 28.7 Å². The Bertz CT molecular complexity index is 1170. The van der Waals surface area contributed by atoms with Gasteiger partial charge < -0.3 is 13.8 Å². The number of nitrogens with zero attached hydrogens (tertiary/aromatic N) is 6. The number of aromatic nitrogens is 6. The summed E-state index contributed by atoms with van der Waals surface area (Å²) in [6.45, 7) is 2.91. The van der Waals surface area contributed by atoms with Crippen LogP contribution in [0.15, 0.2) is 41.2 Å². The zero-order chi connectivity index (χ0) is 20.5. The van der Waals surface area contributed by atoms with Gasteiger partial charge in [0.15, 0.2) is 5.82 Å². The van der Waals surface area contributed by atoms with Crippen molar-refractivity contribution in [2.45, 2.75) is 39.3 Å². The molecule has 0 unspecified atom stereocenters. The Hall–Kier alpha value is -3.62. The maximum absolute atomic E-state index is 13.2. The predicted molar refractivity (Wildman–Crippen MR) is 105 cm³/mol. The Morgan fingerprint density at radius 2 is 1.97 bits per heavy atom. The Kier molecular flexibility index (Phi) is 4.70. The van der Waals surface area contributed by atoms with Crippen molar-refractivity contribution in [2.75, 3.05) is 0 Å². The summed E-state index contributed by atoms with van der Waals surface area (Å²) in [7, 11) is 0. The van der Waals surface area contributed by atoms with Crippen LogP contribution in [0.4, 0.5) is 4.39 Å². The number of ether oxygens (including phenoxy) is 1. The molecule has 5 rings (SSSR count). The molecular formula is C21H19FN6O2. The van der Waals surface area contributed by atoms with Crippen molar-refractivity contribution < 1.29 is 13.7 Å². The van der Waals surface area contributed by atoms with E-state index in [0.29, 0.717) is 23.0 Å². The van der Waals surface area contributed by atoms with Crippen molar-refractivity contribution in [1.29, 1.82) is 0 Å². The summed E-state index contributed by atoms with van der Waals surface area (Å²) in [6.07, 6.45) is 6.40. The molecule has 0 saturated heterocycles. The third kappa shape index (κ3) is 3.42. The van der Waals surface area contributed by atoms with Gasteiger partial charge in [-0.2, -0.15) is 0 Å². The lowest BCUT2D eigenvalue weighted by atomic mass is 10.1. The predicted octanol–water partition coefficient (Wildman–Crippen LogP) is 3.75. The van der Waals surface area contributed by atoms with Crippen LogP contribution in [0.25, 0.3) is 22.8 Å². The van der Waals surface area contributed by atoms with Gasteiger partial charge in [-0.1, -0.05) is 5.16 Å². The van der Waals surface area contributed by atoms with E-state index in [2.05, 4.69) is 29.9 Å². The zero-order valence-corrected chi connectivity index (χ0v) is 16.4. The maximum Gasteiger partial charge on any atom is 0.232 e. The quantitative estimate of drug-likeness (QED) is 0.498. The molecule has 0 N–H and O–H groups in total. The summed E-state index contributed by atoms with van der Waals surface area (Å²) in [4.78, 5) is 8.81. The lowest BCUT2D eigenvalue weighted by Gasteiger charge is -2.14. The minimum atomic E-state index is -0.305. The first-order valence-corrected chi connectivity index (χ1v) is 9.77. The van der Waals surface area contributed by atoms with Crippen molar-refractivity contribution in [3.63, 3.8) is 0 Å². The van der Waals surface area contributed by atoms with E-state index in [1.807, 2.05) is 6.92 Å². The van der Waals surface area contributed by atoms with E-state index < -0.39 is 0 Å². The number of halogens is 1. The average Bonchev–Trinajstić information content (AvgIpc) is 3.37. The van der Waals surface area contributed by atoms with Gasteiger partial charge >= 0.3 is 0 Å². The van der Waals surface area contributed by atoms with Gasteiger partial charge in [0.25, 0.3) is 0 Å². The lowest BCUT2D eigenvalue weighted by molar-refractivity contribution is 0.289. The van der Waals surface area contributed by atoms with Gasteiger partial charge in [0, 0.05) is 18.5 Å². The fourth-order valence-electron chi connectivity index (χ4n) is 3.55. The Morgan fingerprint density at radius 1 is 1.10 bits per heavy atom. The highest BCUT2D eigenvalue weighted by molar-refractivity contribution is 5.63. The van der Waals surface area contributed by atoms with Gasteiger partial charge in [0.1, 0.15) is 35.4 Å². The fourth-order valence-corrected chi connectivity index (χ4v) is 3.55. The van der Waals surface area contributed by atoms with E-state index in [0.717, 1.165) is 48.6 Å². The van der Waals surface area contributed by atoms with Crippen LogP contribution in [-0.2, 0) is 19.6 Å². The van der Waals surface area contributed by atoms with Crippen LogP contribution in [0, 0.1) is 12.7 Å². The normalized spacial score (nSPS) is 13.3. The Labute approximate surface area is 171 Å². The average molecular weight is 406 g/mol. The number of rotatable bonds is 5. The van der Waals surface area contributed by atoms with Crippen molar-refractivity contribution in [2.24, 2.45) is 0 Å². The highest BCUT2D eigenvalue weighted by atomic mass is 19.1. The first-order valence-electron chi connectivity index (χ1n) is 9.77. The molecule has 4 aromatic rings. The van der Waals surface area contributed by atoms with Crippen LogP contribution in [0.2, 0.25) is 0 Å². The number of hydrogen-bond acceptors (Lipinski definition) is 7. The molecule has 0 spiro atoms. The molecule has 0 saturated carbocycles. The van der Waals surface area contributed by atoms with E-state index in [1.54, 1.807) is 24.5 Å². The first kappa shape index (κ1) is 18.4. The molecule has 0 aliphatic carbocycles. The molecule has 0 bridgehead atoms. The monoisotopic (exact) mass is 406 g/mol. The van der Waals surface area contributed by atoms with Gasteiger partial charge in [-0.05, 0) is 44.0 Å². The summed E-state index contributed by atoms with van der Waals surface area (Å²) >= 11 is 0. The minimum Gasteiger partial charge on any atom is -0.471 e. The van der Waals surface area contributed by atoms with E-state index in [9.17, 15) is 4.39 Å². The van der Waals surface area contributed by atoms with Crippen LogP contribution in [0.3, 0.4) is 0 Å². The van der Waals surface area contributed by atoms with Gasteiger partial charge in [0.05, 0.1) is 18.0 Å². The van der Waals surface area contributed by atoms with Gasteiger partial charge in [0.2, 0.25) is 5.88 Å².